The van der Waals surface area contributed by atoms with Crippen molar-refractivity contribution < 1.29 is 14.3 Å². The van der Waals surface area contributed by atoms with E-state index in [2.05, 4.69) is 6.58 Å². The van der Waals surface area contributed by atoms with Crippen LogP contribution in [0.1, 0.15) is 12.0 Å². The van der Waals surface area contributed by atoms with E-state index in [4.69, 9.17) is 4.74 Å². The summed E-state index contributed by atoms with van der Waals surface area (Å²) in [5.41, 5.74) is 1.04. The summed E-state index contributed by atoms with van der Waals surface area (Å²) in [4.78, 5) is 25.2. The van der Waals surface area contributed by atoms with Crippen molar-refractivity contribution in [3.05, 3.63) is 48.2 Å². The number of cyclic esters (lactones) is 1. The second-order valence-electron chi connectivity index (χ2n) is 4.65. The largest absolute Gasteiger partial charge is 0.429 e. The van der Waals surface area contributed by atoms with Gasteiger partial charge < -0.3 is 9.64 Å². The van der Waals surface area contributed by atoms with E-state index >= 15 is 0 Å². The monoisotopic (exact) mass is 243 g/mol. The zero-order valence-corrected chi connectivity index (χ0v) is 9.83. The molecule has 2 aliphatic rings. The molecule has 1 aromatic rings. The number of hydrogen-bond acceptors (Lipinski definition) is 3. The van der Waals surface area contributed by atoms with Crippen LogP contribution in [0.4, 0.5) is 0 Å². The molecule has 2 fully saturated rings. The van der Waals surface area contributed by atoms with Crippen LogP contribution in [0.3, 0.4) is 0 Å². The Morgan fingerprint density at radius 1 is 1.28 bits per heavy atom. The predicted octanol–water partition coefficient (Wildman–Crippen LogP) is 1.47. The Hall–Kier alpha value is -2.10. The van der Waals surface area contributed by atoms with Crippen molar-refractivity contribution in [3.8, 4) is 0 Å². The van der Waals surface area contributed by atoms with Gasteiger partial charge in [-0.25, -0.2) is 0 Å². The highest BCUT2D eigenvalue weighted by molar-refractivity contribution is 5.91. The van der Waals surface area contributed by atoms with Gasteiger partial charge in [-0.05, 0) is 5.56 Å². The Balaban J connectivity index is 1.86. The maximum Gasteiger partial charge on any atom is 0.317 e. The third-order valence-electron chi connectivity index (χ3n) is 3.49. The zero-order valence-electron chi connectivity index (χ0n) is 9.83. The van der Waals surface area contributed by atoms with Crippen molar-refractivity contribution in [1.29, 1.82) is 0 Å². The molecular formula is C14H13NO3. The van der Waals surface area contributed by atoms with Crippen LogP contribution >= 0.6 is 0 Å². The lowest BCUT2D eigenvalue weighted by Gasteiger charge is -2.22. The molecule has 0 spiro atoms. The summed E-state index contributed by atoms with van der Waals surface area (Å²) in [7, 11) is 0. The van der Waals surface area contributed by atoms with E-state index in [0.717, 1.165) is 5.56 Å². The number of benzene rings is 1. The van der Waals surface area contributed by atoms with Crippen LogP contribution in [0, 0.1) is 5.92 Å². The molecule has 0 N–H and O–H groups in total. The van der Waals surface area contributed by atoms with Gasteiger partial charge in [0, 0.05) is 13.0 Å². The number of nitrogens with zero attached hydrogens (tertiary/aromatic N) is 1. The molecule has 1 aromatic carbocycles. The van der Waals surface area contributed by atoms with E-state index in [1.807, 2.05) is 30.3 Å². The van der Waals surface area contributed by atoms with Crippen LogP contribution in [-0.4, -0.2) is 22.8 Å². The SMILES string of the molecule is C=C1OC(=O)[C@@H]2CC(=O)N(Cc3ccccc3)[C@H]12. The second kappa shape index (κ2) is 3.98. The van der Waals surface area contributed by atoms with Gasteiger partial charge >= 0.3 is 5.97 Å². The topological polar surface area (TPSA) is 46.6 Å². The molecular weight excluding hydrogens is 230 g/mol. The first-order valence-electron chi connectivity index (χ1n) is 5.90. The van der Waals surface area contributed by atoms with Crippen molar-refractivity contribution in [3.63, 3.8) is 0 Å². The number of hydrogen-bond donors (Lipinski definition) is 0. The number of fused-ring (bicyclic) bond motifs is 1. The van der Waals surface area contributed by atoms with Crippen molar-refractivity contribution >= 4 is 11.9 Å². The Morgan fingerprint density at radius 2 is 2.00 bits per heavy atom. The number of amides is 1. The Kier molecular flexibility index (Phi) is 2.44. The number of carbonyl (C=O) groups is 2. The number of ether oxygens (including phenoxy) is 1. The molecule has 2 atom stereocenters. The highest BCUT2D eigenvalue weighted by Gasteiger charge is 2.51. The van der Waals surface area contributed by atoms with Crippen molar-refractivity contribution in [2.24, 2.45) is 5.92 Å². The molecule has 92 valence electrons. The normalized spacial score (nSPS) is 26.4. The lowest BCUT2D eigenvalue weighted by atomic mass is 10.0. The fraction of sp³-hybridized carbons (Fsp3) is 0.286. The van der Waals surface area contributed by atoms with Crippen LogP contribution in [0.25, 0.3) is 0 Å². The second-order valence-corrected chi connectivity index (χ2v) is 4.65. The summed E-state index contributed by atoms with van der Waals surface area (Å²) in [5.74, 6) is -0.305. The number of likely N-dealkylation sites (tertiary alicyclic amines) is 1. The van der Waals surface area contributed by atoms with Gasteiger partial charge in [0.1, 0.15) is 11.8 Å². The van der Waals surface area contributed by atoms with Gasteiger partial charge in [0.15, 0.2) is 0 Å². The standard InChI is InChI=1S/C14H13NO3/c1-9-13-11(14(17)18-9)7-12(16)15(13)8-10-5-3-2-4-6-10/h2-6,11,13H,1,7-8H2/t11-,13-/m1/s1. The summed E-state index contributed by atoms with van der Waals surface area (Å²) in [6.45, 7) is 4.23. The predicted molar refractivity (Wildman–Crippen MR) is 64.1 cm³/mol. The minimum atomic E-state index is -0.367. The molecule has 4 heteroatoms. The van der Waals surface area contributed by atoms with Crippen LogP contribution in [0.15, 0.2) is 42.7 Å². The third-order valence-corrected chi connectivity index (χ3v) is 3.49. The summed E-state index contributed by atoms with van der Waals surface area (Å²) in [6.07, 6.45) is 0.232. The van der Waals surface area contributed by atoms with Crippen LogP contribution in [-0.2, 0) is 20.9 Å². The molecule has 0 bridgehead atoms. The summed E-state index contributed by atoms with van der Waals surface area (Å²) >= 11 is 0. The van der Waals surface area contributed by atoms with E-state index < -0.39 is 0 Å². The summed E-state index contributed by atoms with van der Waals surface area (Å²) in [6, 6.07) is 9.42. The smallest absolute Gasteiger partial charge is 0.317 e. The zero-order chi connectivity index (χ0) is 12.7. The number of rotatable bonds is 2. The summed E-state index contributed by atoms with van der Waals surface area (Å²) in [5, 5.41) is 0. The Bertz CT molecular complexity index is 523. The average molecular weight is 243 g/mol. The van der Waals surface area contributed by atoms with Gasteiger partial charge in [-0.3, -0.25) is 9.59 Å². The van der Waals surface area contributed by atoms with Gasteiger partial charge in [-0.2, -0.15) is 0 Å². The molecule has 2 heterocycles. The molecule has 0 aromatic heterocycles. The fourth-order valence-electron chi connectivity index (χ4n) is 2.63. The minimum absolute atomic E-state index is 0.00773. The van der Waals surface area contributed by atoms with Gasteiger partial charge in [0.25, 0.3) is 0 Å². The average Bonchev–Trinajstić information content (AvgIpc) is 2.81. The van der Waals surface area contributed by atoms with Crippen LogP contribution < -0.4 is 0 Å². The minimum Gasteiger partial charge on any atom is -0.429 e. The van der Waals surface area contributed by atoms with E-state index in [1.54, 1.807) is 4.90 Å². The van der Waals surface area contributed by atoms with E-state index in [-0.39, 0.29) is 30.3 Å². The molecule has 2 aliphatic heterocycles. The van der Waals surface area contributed by atoms with Crippen molar-refractivity contribution in [2.45, 2.75) is 19.0 Å². The molecule has 0 radical (unpaired) electrons. The van der Waals surface area contributed by atoms with Crippen molar-refractivity contribution in [1.82, 2.24) is 4.90 Å². The van der Waals surface area contributed by atoms with Crippen molar-refractivity contribution in [2.75, 3.05) is 0 Å². The molecule has 0 saturated carbocycles. The van der Waals surface area contributed by atoms with Crippen LogP contribution in [0.2, 0.25) is 0 Å². The lowest BCUT2D eigenvalue weighted by molar-refractivity contribution is -0.140. The maximum atomic E-state index is 12.0. The molecule has 0 unspecified atom stereocenters. The molecule has 2 saturated heterocycles. The Morgan fingerprint density at radius 3 is 2.72 bits per heavy atom. The van der Waals surface area contributed by atoms with E-state index in [1.165, 1.54) is 0 Å². The van der Waals surface area contributed by atoms with E-state index in [9.17, 15) is 9.59 Å². The third kappa shape index (κ3) is 1.61. The van der Waals surface area contributed by atoms with Gasteiger partial charge in [-0.1, -0.05) is 36.9 Å². The fourth-order valence-corrected chi connectivity index (χ4v) is 2.63. The number of esters is 1. The first kappa shape index (κ1) is 11.0. The first-order chi connectivity index (χ1) is 8.66. The van der Waals surface area contributed by atoms with Gasteiger partial charge in [-0.15, -0.1) is 0 Å². The maximum absolute atomic E-state index is 12.0. The molecule has 4 nitrogen and oxygen atoms in total. The van der Waals surface area contributed by atoms with E-state index in [0.29, 0.717) is 12.3 Å². The summed E-state index contributed by atoms with van der Waals surface area (Å²) < 4.78 is 5.02. The Labute approximate surface area is 105 Å². The molecule has 18 heavy (non-hydrogen) atoms. The molecule has 0 aliphatic carbocycles. The lowest BCUT2D eigenvalue weighted by Crippen LogP contribution is -2.34. The quantitative estimate of drug-likeness (QED) is 0.739. The molecule has 1 amide bonds. The van der Waals surface area contributed by atoms with Gasteiger partial charge in [0.2, 0.25) is 5.91 Å². The highest BCUT2D eigenvalue weighted by atomic mass is 16.5. The number of carbonyl (C=O) groups excluding carboxylic acids is 2. The van der Waals surface area contributed by atoms with Crippen LogP contribution in [0.5, 0.6) is 0 Å². The molecule has 3 rings (SSSR count). The first-order valence-corrected chi connectivity index (χ1v) is 5.90. The van der Waals surface area contributed by atoms with Gasteiger partial charge in [0.05, 0.1) is 5.92 Å². The highest BCUT2D eigenvalue weighted by Crippen LogP contribution is 2.38.